The fourth-order valence-corrected chi connectivity index (χ4v) is 1.85. The number of hydrogen-bond acceptors (Lipinski definition) is 3. The van der Waals surface area contributed by atoms with Crippen molar-refractivity contribution in [1.29, 1.82) is 0 Å². The molecule has 0 spiro atoms. The molecular formula is C12H18N2OS. The second-order valence-electron chi connectivity index (χ2n) is 4.24. The van der Waals surface area contributed by atoms with Crippen molar-refractivity contribution in [3.05, 3.63) is 29.8 Å². The van der Waals surface area contributed by atoms with Gasteiger partial charge >= 0.3 is 0 Å². The van der Waals surface area contributed by atoms with E-state index < -0.39 is 0 Å². The first-order valence-electron chi connectivity index (χ1n) is 5.16. The Labute approximate surface area is 101 Å². The maximum Gasteiger partial charge on any atom is 0.252 e. The summed E-state index contributed by atoms with van der Waals surface area (Å²) in [6.07, 6.45) is 1.96. The highest BCUT2D eigenvalue weighted by Gasteiger charge is 2.20. The van der Waals surface area contributed by atoms with E-state index in [4.69, 9.17) is 5.73 Å². The third-order valence-electron chi connectivity index (χ3n) is 2.31. The number of rotatable bonds is 4. The highest BCUT2D eigenvalue weighted by Crippen LogP contribution is 2.20. The van der Waals surface area contributed by atoms with Crippen molar-refractivity contribution < 1.29 is 4.79 Å². The van der Waals surface area contributed by atoms with Crippen molar-refractivity contribution in [2.75, 3.05) is 12.8 Å². The summed E-state index contributed by atoms with van der Waals surface area (Å²) in [5.41, 5.74) is 5.92. The lowest BCUT2D eigenvalue weighted by atomic mass is 10.1. The lowest BCUT2D eigenvalue weighted by Crippen LogP contribution is -2.48. The Morgan fingerprint density at radius 2 is 2.06 bits per heavy atom. The third-order valence-corrected chi connectivity index (χ3v) is 3.11. The molecule has 0 aromatic heterocycles. The van der Waals surface area contributed by atoms with Gasteiger partial charge in [0.25, 0.3) is 5.91 Å². The van der Waals surface area contributed by atoms with Gasteiger partial charge in [0.2, 0.25) is 0 Å². The van der Waals surface area contributed by atoms with E-state index in [1.54, 1.807) is 11.8 Å². The zero-order chi connectivity index (χ0) is 12.2. The minimum absolute atomic E-state index is 0.0691. The lowest BCUT2D eigenvalue weighted by Gasteiger charge is -2.24. The number of nitrogens with one attached hydrogen (secondary N) is 1. The molecule has 4 heteroatoms. The molecule has 1 aromatic carbocycles. The summed E-state index contributed by atoms with van der Waals surface area (Å²) in [5.74, 6) is -0.0691. The number of nitrogens with two attached hydrogens (primary N) is 1. The van der Waals surface area contributed by atoms with Gasteiger partial charge in [-0.25, -0.2) is 0 Å². The van der Waals surface area contributed by atoms with Crippen LogP contribution in [0.3, 0.4) is 0 Å². The Morgan fingerprint density at radius 1 is 1.44 bits per heavy atom. The van der Waals surface area contributed by atoms with E-state index >= 15 is 0 Å². The van der Waals surface area contributed by atoms with E-state index in [9.17, 15) is 4.79 Å². The van der Waals surface area contributed by atoms with Gasteiger partial charge in [-0.15, -0.1) is 11.8 Å². The molecule has 3 N–H and O–H groups in total. The molecule has 0 atom stereocenters. The molecule has 3 nitrogen and oxygen atoms in total. The summed E-state index contributed by atoms with van der Waals surface area (Å²) >= 11 is 1.57. The molecule has 0 fully saturated rings. The van der Waals surface area contributed by atoms with Crippen LogP contribution in [0.15, 0.2) is 29.2 Å². The van der Waals surface area contributed by atoms with Crippen LogP contribution in [0, 0.1) is 0 Å². The summed E-state index contributed by atoms with van der Waals surface area (Å²) < 4.78 is 0. The zero-order valence-corrected chi connectivity index (χ0v) is 10.7. The number of carbonyl (C=O) groups excluding carboxylic acids is 1. The molecular weight excluding hydrogens is 220 g/mol. The molecule has 0 unspecified atom stereocenters. The monoisotopic (exact) mass is 238 g/mol. The van der Waals surface area contributed by atoms with Crippen molar-refractivity contribution in [3.8, 4) is 0 Å². The Kier molecular flexibility index (Phi) is 4.38. The Bertz CT molecular complexity index is 377. The Balaban J connectivity index is 2.88. The Morgan fingerprint density at radius 3 is 2.62 bits per heavy atom. The second-order valence-corrected chi connectivity index (χ2v) is 5.09. The van der Waals surface area contributed by atoms with Crippen molar-refractivity contribution in [2.24, 2.45) is 5.73 Å². The van der Waals surface area contributed by atoms with Crippen molar-refractivity contribution in [1.82, 2.24) is 5.32 Å². The van der Waals surface area contributed by atoms with Gasteiger partial charge in [-0.3, -0.25) is 4.79 Å². The summed E-state index contributed by atoms with van der Waals surface area (Å²) in [7, 11) is 0. The van der Waals surface area contributed by atoms with Gasteiger partial charge in [-0.05, 0) is 32.2 Å². The van der Waals surface area contributed by atoms with E-state index in [0.29, 0.717) is 12.1 Å². The van der Waals surface area contributed by atoms with Crippen LogP contribution >= 0.6 is 11.8 Å². The average Bonchev–Trinajstić information content (AvgIpc) is 2.28. The van der Waals surface area contributed by atoms with Crippen LogP contribution in [-0.2, 0) is 0 Å². The van der Waals surface area contributed by atoms with Crippen LogP contribution in [0.4, 0.5) is 0 Å². The number of amides is 1. The zero-order valence-electron chi connectivity index (χ0n) is 9.91. The molecule has 16 heavy (non-hydrogen) atoms. The standard InChI is InChI=1S/C12H18N2OS/c1-12(2,8-13)14-11(15)9-6-4-5-7-10(9)16-3/h4-7H,8,13H2,1-3H3,(H,14,15). The van der Waals surface area contributed by atoms with Crippen LogP contribution in [0.1, 0.15) is 24.2 Å². The predicted molar refractivity (Wildman–Crippen MR) is 68.8 cm³/mol. The lowest BCUT2D eigenvalue weighted by molar-refractivity contribution is 0.0912. The molecule has 0 saturated carbocycles. The van der Waals surface area contributed by atoms with Gasteiger partial charge in [-0.2, -0.15) is 0 Å². The van der Waals surface area contributed by atoms with Crippen LogP contribution in [0.2, 0.25) is 0 Å². The van der Waals surface area contributed by atoms with Gasteiger partial charge in [0.05, 0.1) is 5.56 Å². The SMILES string of the molecule is CSc1ccccc1C(=O)NC(C)(C)CN. The fraction of sp³-hybridized carbons (Fsp3) is 0.417. The first-order chi connectivity index (χ1) is 7.50. The van der Waals surface area contributed by atoms with Crippen LogP contribution in [-0.4, -0.2) is 24.2 Å². The first kappa shape index (κ1) is 13.1. The van der Waals surface area contributed by atoms with Gasteiger partial charge in [0.1, 0.15) is 0 Å². The highest BCUT2D eigenvalue weighted by molar-refractivity contribution is 7.98. The van der Waals surface area contributed by atoms with Gasteiger partial charge in [0, 0.05) is 17.0 Å². The number of thioether (sulfide) groups is 1. The van der Waals surface area contributed by atoms with Gasteiger partial charge in [0.15, 0.2) is 0 Å². The van der Waals surface area contributed by atoms with Crippen molar-refractivity contribution in [3.63, 3.8) is 0 Å². The molecule has 1 aromatic rings. The topological polar surface area (TPSA) is 55.1 Å². The predicted octanol–water partition coefficient (Wildman–Crippen LogP) is 1.88. The van der Waals surface area contributed by atoms with E-state index in [2.05, 4.69) is 5.32 Å². The first-order valence-corrected chi connectivity index (χ1v) is 6.38. The maximum absolute atomic E-state index is 12.0. The van der Waals surface area contributed by atoms with Crippen LogP contribution in [0.5, 0.6) is 0 Å². The minimum Gasteiger partial charge on any atom is -0.346 e. The highest BCUT2D eigenvalue weighted by atomic mass is 32.2. The number of carbonyl (C=O) groups is 1. The number of hydrogen-bond donors (Lipinski definition) is 2. The molecule has 88 valence electrons. The van der Waals surface area contributed by atoms with Crippen molar-refractivity contribution in [2.45, 2.75) is 24.3 Å². The molecule has 0 radical (unpaired) electrons. The molecule has 0 bridgehead atoms. The molecule has 1 rings (SSSR count). The van der Waals surface area contributed by atoms with Gasteiger partial charge in [-0.1, -0.05) is 12.1 Å². The molecule has 0 aliphatic carbocycles. The number of benzene rings is 1. The second kappa shape index (κ2) is 5.37. The molecule has 1 amide bonds. The van der Waals surface area contributed by atoms with Crippen molar-refractivity contribution >= 4 is 17.7 Å². The van der Waals surface area contributed by atoms with Crippen LogP contribution < -0.4 is 11.1 Å². The van der Waals surface area contributed by atoms with E-state index in [1.807, 2.05) is 44.4 Å². The molecule has 0 aliphatic heterocycles. The minimum atomic E-state index is -0.372. The fourth-order valence-electron chi connectivity index (χ4n) is 1.26. The van der Waals surface area contributed by atoms with Crippen LogP contribution in [0.25, 0.3) is 0 Å². The maximum atomic E-state index is 12.0. The average molecular weight is 238 g/mol. The van der Waals surface area contributed by atoms with E-state index in [-0.39, 0.29) is 11.4 Å². The molecule has 0 heterocycles. The quantitative estimate of drug-likeness (QED) is 0.787. The summed E-state index contributed by atoms with van der Waals surface area (Å²) in [5, 5.41) is 2.92. The van der Waals surface area contributed by atoms with E-state index in [1.165, 1.54) is 0 Å². The molecule has 0 aliphatic rings. The normalized spacial score (nSPS) is 11.2. The summed E-state index contributed by atoms with van der Waals surface area (Å²) in [6, 6.07) is 7.56. The smallest absolute Gasteiger partial charge is 0.252 e. The largest absolute Gasteiger partial charge is 0.346 e. The summed E-state index contributed by atoms with van der Waals surface area (Å²) in [4.78, 5) is 13.0. The molecule has 0 saturated heterocycles. The van der Waals surface area contributed by atoms with E-state index in [0.717, 1.165) is 4.90 Å². The Hall–Kier alpha value is -1.00. The third kappa shape index (κ3) is 3.25. The van der Waals surface area contributed by atoms with Gasteiger partial charge < -0.3 is 11.1 Å². The summed E-state index contributed by atoms with van der Waals surface area (Å²) in [6.45, 7) is 4.24.